The number of carbonyl (C=O) groups is 2. The zero-order chi connectivity index (χ0) is 15.4. The van der Waals surface area contributed by atoms with Crippen LogP contribution in [-0.4, -0.2) is 17.0 Å². The Balaban J connectivity index is 1.60. The lowest BCUT2D eigenvalue weighted by Crippen LogP contribution is -2.48. The Hall–Kier alpha value is -2.17. The predicted octanol–water partition coefficient (Wildman–Crippen LogP) is 2.53. The molecule has 22 heavy (non-hydrogen) atoms. The lowest BCUT2D eigenvalue weighted by molar-refractivity contribution is -0.152. The number of hydrogen-bond donors (Lipinski definition) is 2. The van der Waals surface area contributed by atoms with Gasteiger partial charge in [-0.2, -0.15) is 0 Å². The highest BCUT2D eigenvalue weighted by molar-refractivity contribution is 5.96. The number of amides is 1. The van der Waals surface area contributed by atoms with Crippen LogP contribution < -0.4 is 5.32 Å². The zero-order valence-corrected chi connectivity index (χ0v) is 11.8. The summed E-state index contributed by atoms with van der Waals surface area (Å²) < 4.78 is 12.9. The van der Waals surface area contributed by atoms with Gasteiger partial charge in [0.2, 0.25) is 5.91 Å². The Kier molecular flexibility index (Phi) is 2.86. The van der Waals surface area contributed by atoms with Crippen LogP contribution in [0, 0.1) is 41.3 Å². The minimum atomic E-state index is -0.899. The highest BCUT2D eigenvalue weighted by Gasteiger charge is 2.62. The first-order chi connectivity index (χ1) is 10.6. The number of anilines is 1. The first kappa shape index (κ1) is 13.5. The van der Waals surface area contributed by atoms with Gasteiger partial charge in [-0.05, 0) is 54.4 Å². The number of halogens is 1. The Morgan fingerprint density at radius 3 is 2.23 bits per heavy atom. The van der Waals surface area contributed by atoms with Crippen molar-refractivity contribution in [2.45, 2.75) is 6.42 Å². The van der Waals surface area contributed by atoms with Crippen LogP contribution in [0.2, 0.25) is 0 Å². The molecular weight excluding hydrogens is 285 g/mol. The Morgan fingerprint density at radius 2 is 1.64 bits per heavy atom. The van der Waals surface area contributed by atoms with Crippen LogP contribution in [0.5, 0.6) is 0 Å². The van der Waals surface area contributed by atoms with Gasteiger partial charge in [0, 0.05) is 5.69 Å². The molecule has 6 atom stereocenters. The van der Waals surface area contributed by atoms with Crippen LogP contribution in [0.1, 0.15) is 6.42 Å². The maximum absolute atomic E-state index is 12.9. The second-order valence-electron chi connectivity index (χ2n) is 6.49. The highest BCUT2D eigenvalue weighted by atomic mass is 19.1. The minimum absolute atomic E-state index is 0.0107. The molecule has 0 spiro atoms. The van der Waals surface area contributed by atoms with Crippen molar-refractivity contribution in [3.8, 4) is 0 Å². The number of carboxylic acids is 1. The molecule has 5 heteroatoms. The van der Waals surface area contributed by atoms with Crippen molar-refractivity contribution >= 4 is 17.6 Å². The molecular formula is C17H16FNO3. The SMILES string of the molecule is O=C(Nc1ccc(F)cc1)[C@H]1[C@@H]2C=C[C@@H]([C@H]3C[C@@H]23)[C@@H]1C(=O)O. The summed E-state index contributed by atoms with van der Waals surface area (Å²) in [5, 5.41) is 12.3. The van der Waals surface area contributed by atoms with E-state index in [0.29, 0.717) is 17.5 Å². The monoisotopic (exact) mass is 301 g/mol. The molecule has 0 radical (unpaired) electrons. The molecule has 0 unspecified atom stereocenters. The molecule has 2 N–H and O–H groups in total. The van der Waals surface area contributed by atoms with E-state index in [1.165, 1.54) is 24.3 Å². The minimum Gasteiger partial charge on any atom is -0.481 e. The first-order valence-corrected chi connectivity index (χ1v) is 7.54. The number of hydrogen-bond acceptors (Lipinski definition) is 2. The van der Waals surface area contributed by atoms with Gasteiger partial charge in [0.25, 0.3) is 0 Å². The standard InChI is InChI=1S/C17H16FNO3/c18-8-1-3-9(4-2-8)19-16(20)14-10-5-6-11(13-7-12(10)13)15(14)17(21)22/h1-6,10-15H,7H2,(H,19,20)(H,21,22)/t10-,11+,12+,13-,14+,15+/m1/s1. The van der Waals surface area contributed by atoms with Gasteiger partial charge in [0.1, 0.15) is 5.82 Å². The van der Waals surface area contributed by atoms with E-state index in [1.54, 1.807) is 0 Å². The largest absolute Gasteiger partial charge is 0.481 e. The third-order valence-corrected chi connectivity index (χ3v) is 5.35. The summed E-state index contributed by atoms with van der Waals surface area (Å²) >= 11 is 0. The summed E-state index contributed by atoms with van der Waals surface area (Å²) in [6.07, 6.45) is 5.03. The van der Waals surface area contributed by atoms with Crippen molar-refractivity contribution in [3.63, 3.8) is 0 Å². The van der Waals surface area contributed by atoms with Gasteiger partial charge in [0.15, 0.2) is 0 Å². The van der Waals surface area contributed by atoms with Crippen LogP contribution in [-0.2, 0) is 9.59 Å². The molecule has 2 bridgehead atoms. The summed E-state index contributed by atoms with van der Waals surface area (Å²) in [6.45, 7) is 0. The van der Waals surface area contributed by atoms with Crippen molar-refractivity contribution < 1.29 is 19.1 Å². The predicted molar refractivity (Wildman–Crippen MR) is 77.4 cm³/mol. The summed E-state index contributed by atoms with van der Waals surface area (Å²) in [4.78, 5) is 24.3. The summed E-state index contributed by atoms with van der Waals surface area (Å²) in [5.74, 6) is -1.87. The molecule has 114 valence electrons. The second kappa shape index (κ2) is 4.66. The van der Waals surface area contributed by atoms with E-state index in [4.69, 9.17) is 0 Å². The van der Waals surface area contributed by atoms with E-state index in [0.717, 1.165) is 6.42 Å². The molecule has 0 aromatic heterocycles. The van der Waals surface area contributed by atoms with E-state index in [-0.39, 0.29) is 23.6 Å². The average molecular weight is 301 g/mol. The fourth-order valence-corrected chi connectivity index (χ4v) is 4.33. The summed E-state index contributed by atoms with van der Waals surface area (Å²) in [5.41, 5.74) is 0.494. The van der Waals surface area contributed by atoms with E-state index in [1.807, 2.05) is 12.2 Å². The van der Waals surface area contributed by atoms with Crippen LogP contribution >= 0.6 is 0 Å². The first-order valence-electron chi connectivity index (χ1n) is 7.54. The molecule has 1 aromatic rings. The van der Waals surface area contributed by atoms with Crippen LogP contribution in [0.3, 0.4) is 0 Å². The van der Waals surface area contributed by atoms with Gasteiger partial charge in [-0.1, -0.05) is 12.2 Å². The molecule has 0 saturated heterocycles. The van der Waals surface area contributed by atoms with Crippen molar-refractivity contribution in [3.05, 3.63) is 42.2 Å². The molecule has 0 aliphatic heterocycles. The lowest BCUT2D eigenvalue weighted by atomic mass is 9.62. The highest BCUT2D eigenvalue weighted by Crippen LogP contribution is 2.63. The van der Waals surface area contributed by atoms with E-state index in [2.05, 4.69) is 5.32 Å². The van der Waals surface area contributed by atoms with Crippen molar-refractivity contribution in [2.75, 3.05) is 5.32 Å². The number of benzene rings is 1. The van der Waals surface area contributed by atoms with E-state index < -0.39 is 17.8 Å². The van der Waals surface area contributed by atoms with E-state index in [9.17, 15) is 19.1 Å². The average Bonchev–Trinajstić information content (AvgIpc) is 3.30. The lowest BCUT2D eigenvalue weighted by Gasteiger charge is -2.41. The van der Waals surface area contributed by atoms with Gasteiger partial charge in [-0.15, -0.1) is 0 Å². The maximum atomic E-state index is 12.9. The molecule has 2 saturated carbocycles. The number of carboxylic acid groups (broad SMARTS) is 1. The Morgan fingerprint density at radius 1 is 1.05 bits per heavy atom. The Bertz CT molecular complexity index is 669. The zero-order valence-electron chi connectivity index (χ0n) is 11.8. The summed E-state index contributed by atoms with van der Waals surface area (Å²) in [7, 11) is 0. The molecule has 4 nitrogen and oxygen atoms in total. The molecule has 5 rings (SSSR count). The maximum Gasteiger partial charge on any atom is 0.307 e. The molecule has 4 aliphatic rings. The third kappa shape index (κ3) is 1.95. The smallest absolute Gasteiger partial charge is 0.307 e. The summed E-state index contributed by atoms with van der Waals surface area (Å²) in [6, 6.07) is 5.52. The van der Waals surface area contributed by atoms with Gasteiger partial charge >= 0.3 is 5.97 Å². The van der Waals surface area contributed by atoms with Gasteiger partial charge in [-0.3, -0.25) is 9.59 Å². The van der Waals surface area contributed by atoms with Crippen molar-refractivity contribution in [1.82, 2.24) is 0 Å². The number of aliphatic carboxylic acids is 1. The van der Waals surface area contributed by atoms with Crippen LogP contribution in [0.25, 0.3) is 0 Å². The number of carbonyl (C=O) groups excluding carboxylic acids is 1. The van der Waals surface area contributed by atoms with Gasteiger partial charge < -0.3 is 10.4 Å². The molecule has 0 heterocycles. The molecule has 1 aromatic carbocycles. The van der Waals surface area contributed by atoms with Crippen molar-refractivity contribution in [1.29, 1.82) is 0 Å². The topological polar surface area (TPSA) is 66.4 Å². The molecule has 2 fully saturated rings. The number of allylic oxidation sites excluding steroid dienone is 2. The molecule has 4 aliphatic carbocycles. The number of fused-ring (bicyclic) bond motifs is 1. The quantitative estimate of drug-likeness (QED) is 0.843. The fourth-order valence-electron chi connectivity index (χ4n) is 4.33. The Labute approximate surface area is 127 Å². The van der Waals surface area contributed by atoms with Crippen molar-refractivity contribution in [2.24, 2.45) is 35.5 Å². The van der Waals surface area contributed by atoms with E-state index >= 15 is 0 Å². The second-order valence-corrected chi connectivity index (χ2v) is 6.49. The number of nitrogens with one attached hydrogen (secondary N) is 1. The normalized spacial score (nSPS) is 37.5. The van der Waals surface area contributed by atoms with Gasteiger partial charge in [0.05, 0.1) is 11.8 Å². The number of rotatable bonds is 3. The van der Waals surface area contributed by atoms with Gasteiger partial charge in [-0.25, -0.2) is 4.39 Å². The van der Waals surface area contributed by atoms with Crippen LogP contribution in [0.15, 0.2) is 36.4 Å². The third-order valence-electron chi connectivity index (χ3n) is 5.35. The van der Waals surface area contributed by atoms with Crippen LogP contribution in [0.4, 0.5) is 10.1 Å². The molecule has 1 amide bonds. The fraction of sp³-hybridized carbons (Fsp3) is 0.412.